The number of benzene rings is 1. The first kappa shape index (κ1) is 12.2. The summed E-state index contributed by atoms with van der Waals surface area (Å²) in [5.41, 5.74) is 2.59. The molecule has 2 aromatic rings. The molecule has 0 radical (unpaired) electrons. The van der Waals surface area contributed by atoms with Gasteiger partial charge in [0.2, 0.25) is 0 Å². The van der Waals surface area contributed by atoms with Gasteiger partial charge in [-0.3, -0.25) is 0 Å². The zero-order valence-electron chi connectivity index (χ0n) is 10.4. The lowest BCUT2D eigenvalue weighted by atomic mass is 10.1. The summed E-state index contributed by atoms with van der Waals surface area (Å²) in [5.74, 6) is 0.912. The largest absolute Gasteiger partial charge is 0.497 e. The molecule has 90 valence electrons. The molecule has 2 rings (SSSR count). The zero-order valence-corrected chi connectivity index (χ0v) is 11.2. The van der Waals surface area contributed by atoms with Crippen molar-refractivity contribution in [1.82, 2.24) is 0 Å². The van der Waals surface area contributed by atoms with E-state index in [1.165, 1.54) is 35.3 Å². The van der Waals surface area contributed by atoms with Crippen molar-refractivity contribution in [1.29, 1.82) is 0 Å². The van der Waals surface area contributed by atoms with Crippen LogP contribution in [-0.4, -0.2) is 7.11 Å². The molecule has 0 bridgehead atoms. The van der Waals surface area contributed by atoms with Crippen molar-refractivity contribution in [3.63, 3.8) is 0 Å². The van der Waals surface area contributed by atoms with E-state index in [1.807, 2.05) is 23.5 Å². The molecular weight excluding hydrogens is 228 g/mol. The third-order valence-corrected chi connectivity index (χ3v) is 3.85. The minimum atomic E-state index is 0.912. The lowest BCUT2D eigenvalue weighted by Crippen LogP contribution is -1.82. The van der Waals surface area contributed by atoms with Crippen LogP contribution in [0.15, 0.2) is 35.7 Å². The van der Waals surface area contributed by atoms with Gasteiger partial charge in [0, 0.05) is 4.88 Å². The van der Waals surface area contributed by atoms with Gasteiger partial charge in [0.25, 0.3) is 0 Å². The fourth-order valence-electron chi connectivity index (χ4n) is 1.80. The second kappa shape index (κ2) is 5.87. The molecule has 0 N–H and O–H groups in total. The highest BCUT2D eigenvalue weighted by molar-refractivity contribution is 7.10. The van der Waals surface area contributed by atoms with E-state index in [1.54, 1.807) is 7.11 Å². The maximum Gasteiger partial charge on any atom is 0.118 e. The van der Waals surface area contributed by atoms with Crippen molar-refractivity contribution < 1.29 is 4.74 Å². The summed E-state index contributed by atoms with van der Waals surface area (Å²) in [7, 11) is 1.70. The van der Waals surface area contributed by atoms with Crippen LogP contribution in [0.1, 0.15) is 24.6 Å². The monoisotopic (exact) mass is 246 g/mol. The fraction of sp³-hybridized carbons (Fsp3) is 0.333. The van der Waals surface area contributed by atoms with Gasteiger partial charge in [-0.25, -0.2) is 0 Å². The number of rotatable bonds is 5. The highest BCUT2D eigenvalue weighted by Gasteiger charge is 2.02. The molecule has 0 fully saturated rings. The predicted octanol–water partition coefficient (Wildman–Crippen LogP) is 4.77. The maximum absolute atomic E-state index is 5.17. The lowest BCUT2D eigenvalue weighted by Gasteiger charge is -2.01. The van der Waals surface area contributed by atoms with Crippen LogP contribution >= 0.6 is 11.3 Å². The summed E-state index contributed by atoms with van der Waals surface area (Å²) in [6, 6.07) is 10.6. The van der Waals surface area contributed by atoms with E-state index >= 15 is 0 Å². The van der Waals surface area contributed by atoms with Gasteiger partial charge in [0.15, 0.2) is 0 Å². The second-order valence-corrected chi connectivity index (χ2v) is 5.13. The van der Waals surface area contributed by atoms with Crippen LogP contribution < -0.4 is 4.74 Å². The summed E-state index contributed by atoms with van der Waals surface area (Å²) < 4.78 is 5.17. The number of hydrogen-bond acceptors (Lipinski definition) is 2. The van der Waals surface area contributed by atoms with Crippen LogP contribution in [-0.2, 0) is 6.42 Å². The minimum Gasteiger partial charge on any atom is -0.497 e. The Hall–Kier alpha value is -1.28. The Labute approximate surface area is 107 Å². The minimum absolute atomic E-state index is 0.912. The van der Waals surface area contributed by atoms with Gasteiger partial charge in [-0.15, -0.1) is 11.3 Å². The summed E-state index contributed by atoms with van der Waals surface area (Å²) in [6.45, 7) is 2.23. The molecule has 0 saturated carbocycles. The van der Waals surface area contributed by atoms with E-state index in [-0.39, 0.29) is 0 Å². The lowest BCUT2D eigenvalue weighted by molar-refractivity contribution is 0.415. The first-order chi connectivity index (χ1) is 8.33. The Kier molecular flexibility index (Phi) is 4.21. The molecule has 17 heavy (non-hydrogen) atoms. The quantitative estimate of drug-likeness (QED) is 0.738. The second-order valence-electron chi connectivity index (χ2n) is 4.13. The number of methoxy groups -OCH3 is 1. The summed E-state index contributed by atoms with van der Waals surface area (Å²) in [4.78, 5) is 1.48. The Bertz CT molecular complexity index is 456. The Morgan fingerprint density at radius 3 is 2.53 bits per heavy atom. The first-order valence-corrected chi connectivity index (χ1v) is 6.93. The molecule has 1 aromatic heterocycles. The van der Waals surface area contributed by atoms with Crippen molar-refractivity contribution >= 4 is 11.3 Å². The van der Waals surface area contributed by atoms with Gasteiger partial charge in [0.1, 0.15) is 5.75 Å². The average molecular weight is 246 g/mol. The standard InChI is InChI=1S/C15H18OS/c1-3-4-5-15-10-13(11-17-15)12-6-8-14(16-2)9-7-12/h6-11H,3-5H2,1-2H3. The Morgan fingerprint density at radius 2 is 1.88 bits per heavy atom. The third kappa shape index (κ3) is 3.10. The van der Waals surface area contributed by atoms with Crippen LogP contribution in [0.2, 0.25) is 0 Å². The molecule has 0 aliphatic rings. The summed E-state index contributed by atoms with van der Waals surface area (Å²) in [6.07, 6.45) is 3.75. The normalized spacial score (nSPS) is 10.5. The van der Waals surface area contributed by atoms with Gasteiger partial charge < -0.3 is 4.74 Å². The molecule has 0 spiro atoms. The molecule has 0 aliphatic carbocycles. The molecule has 1 heterocycles. The van der Waals surface area contributed by atoms with E-state index in [0.29, 0.717) is 0 Å². The highest BCUT2D eigenvalue weighted by Crippen LogP contribution is 2.27. The Balaban J connectivity index is 2.12. The predicted molar refractivity (Wildman–Crippen MR) is 74.9 cm³/mol. The van der Waals surface area contributed by atoms with Crippen LogP contribution in [0.5, 0.6) is 5.75 Å². The molecule has 0 amide bonds. The molecule has 0 aliphatic heterocycles. The van der Waals surface area contributed by atoms with Crippen LogP contribution in [0, 0.1) is 0 Å². The van der Waals surface area contributed by atoms with Crippen molar-refractivity contribution in [2.24, 2.45) is 0 Å². The van der Waals surface area contributed by atoms with Gasteiger partial charge in [0.05, 0.1) is 7.11 Å². The van der Waals surface area contributed by atoms with E-state index in [4.69, 9.17) is 4.74 Å². The number of hydrogen-bond donors (Lipinski definition) is 0. The SMILES string of the molecule is CCCCc1cc(-c2ccc(OC)cc2)cs1. The van der Waals surface area contributed by atoms with Crippen LogP contribution in [0.4, 0.5) is 0 Å². The smallest absolute Gasteiger partial charge is 0.118 e. The van der Waals surface area contributed by atoms with Crippen molar-refractivity contribution in [2.75, 3.05) is 7.11 Å². The van der Waals surface area contributed by atoms with E-state index in [9.17, 15) is 0 Å². The van der Waals surface area contributed by atoms with E-state index < -0.39 is 0 Å². The maximum atomic E-state index is 5.17. The van der Waals surface area contributed by atoms with Gasteiger partial charge in [-0.1, -0.05) is 25.5 Å². The molecule has 1 nitrogen and oxygen atoms in total. The molecule has 0 atom stereocenters. The van der Waals surface area contributed by atoms with Crippen molar-refractivity contribution in [3.8, 4) is 16.9 Å². The van der Waals surface area contributed by atoms with Gasteiger partial charge >= 0.3 is 0 Å². The fourth-order valence-corrected chi connectivity index (χ4v) is 2.74. The number of thiophene rings is 1. The molecule has 0 unspecified atom stereocenters. The Morgan fingerprint density at radius 1 is 1.12 bits per heavy atom. The molecule has 2 heteroatoms. The van der Waals surface area contributed by atoms with Crippen LogP contribution in [0.3, 0.4) is 0 Å². The van der Waals surface area contributed by atoms with E-state index in [0.717, 1.165) is 5.75 Å². The van der Waals surface area contributed by atoms with Crippen LogP contribution in [0.25, 0.3) is 11.1 Å². The molecule has 1 aromatic carbocycles. The number of ether oxygens (including phenoxy) is 1. The number of unbranched alkanes of at least 4 members (excludes halogenated alkanes) is 1. The zero-order chi connectivity index (χ0) is 12.1. The highest BCUT2D eigenvalue weighted by atomic mass is 32.1. The van der Waals surface area contributed by atoms with Gasteiger partial charge in [-0.05, 0) is 47.5 Å². The molecule has 0 saturated heterocycles. The number of aryl methyl sites for hydroxylation is 1. The molecular formula is C15H18OS. The first-order valence-electron chi connectivity index (χ1n) is 6.05. The van der Waals surface area contributed by atoms with Gasteiger partial charge in [-0.2, -0.15) is 0 Å². The average Bonchev–Trinajstić information content (AvgIpc) is 2.85. The van der Waals surface area contributed by atoms with Crippen molar-refractivity contribution in [2.45, 2.75) is 26.2 Å². The summed E-state index contributed by atoms with van der Waals surface area (Å²) >= 11 is 1.86. The van der Waals surface area contributed by atoms with E-state index in [2.05, 4.69) is 30.5 Å². The third-order valence-electron chi connectivity index (χ3n) is 2.85. The van der Waals surface area contributed by atoms with Crippen molar-refractivity contribution in [3.05, 3.63) is 40.6 Å². The summed E-state index contributed by atoms with van der Waals surface area (Å²) in [5, 5.41) is 2.24. The topological polar surface area (TPSA) is 9.23 Å².